The number of allylic oxidation sites excluding steroid dienone is 1. The number of hydrogen-bond acceptors (Lipinski definition) is 6. The van der Waals surface area contributed by atoms with Gasteiger partial charge < -0.3 is 30.0 Å². The number of benzene rings is 1. The Hall–Kier alpha value is -2.62. The molecule has 1 aliphatic carbocycles. The van der Waals surface area contributed by atoms with E-state index in [0.29, 0.717) is 37.9 Å². The van der Waals surface area contributed by atoms with Crippen molar-refractivity contribution in [3.8, 4) is 0 Å². The van der Waals surface area contributed by atoms with Crippen molar-refractivity contribution in [3.63, 3.8) is 0 Å². The quantitative estimate of drug-likeness (QED) is 0.373. The number of carbonyl (C=O) groups is 2. The van der Waals surface area contributed by atoms with E-state index in [2.05, 4.69) is 65.2 Å². The Bertz CT molecular complexity index is 1090. The number of amides is 3. The van der Waals surface area contributed by atoms with Crippen LogP contribution in [0.1, 0.15) is 83.7 Å². The first-order valence-corrected chi connectivity index (χ1v) is 16.6. The Balaban J connectivity index is 1.26. The van der Waals surface area contributed by atoms with Crippen LogP contribution in [0.2, 0.25) is 0 Å². The molecule has 9 heteroatoms. The van der Waals surface area contributed by atoms with Crippen LogP contribution in [0.25, 0.3) is 0 Å². The largest absolute Gasteiger partial charge is 0.381 e. The van der Waals surface area contributed by atoms with Crippen LogP contribution in [0.4, 0.5) is 4.79 Å². The van der Waals surface area contributed by atoms with Gasteiger partial charge in [-0.05, 0) is 89.8 Å². The SMILES string of the molecule is C/C=C/N(CC[C@H](NC(=O)C1CCN(O)CC1)c1ccccc1)C1CCC2(C1)CN(CC1CCOCC1)C(=O)N2C(C)C. The Kier molecular flexibility index (Phi) is 10.7. The third-order valence-corrected chi connectivity index (χ3v) is 10.2. The van der Waals surface area contributed by atoms with E-state index < -0.39 is 0 Å². The highest BCUT2D eigenvalue weighted by Crippen LogP contribution is 2.44. The van der Waals surface area contributed by atoms with E-state index in [1.165, 1.54) is 5.06 Å². The molecule has 0 bridgehead atoms. The summed E-state index contributed by atoms with van der Waals surface area (Å²) in [4.78, 5) is 33.8. The van der Waals surface area contributed by atoms with Crippen molar-refractivity contribution in [3.05, 3.63) is 48.2 Å². The summed E-state index contributed by atoms with van der Waals surface area (Å²) in [5, 5.41) is 14.4. The molecule has 0 radical (unpaired) electrons. The van der Waals surface area contributed by atoms with Crippen molar-refractivity contribution in [1.82, 2.24) is 25.1 Å². The highest BCUT2D eigenvalue weighted by atomic mass is 16.5. The average molecular weight is 596 g/mol. The molecule has 3 atom stereocenters. The fraction of sp³-hybridized carbons (Fsp3) is 0.706. The number of ether oxygens (including phenoxy) is 1. The molecule has 2 unspecified atom stereocenters. The number of carbonyl (C=O) groups excluding carboxylic acids is 2. The number of rotatable bonds is 11. The fourth-order valence-corrected chi connectivity index (χ4v) is 8.00. The van der Waals surface area contributed by atoms with Crippen LogP contribution in [0, 0.1) is 11.8 Å². The van der Waals surface area contributed by atoms with Crippen LogP contribution in [0.15, 0.2) is 42.6 Å². The fourth-order valence-electron chi connectivity index (χ4n) is 8.00. The summed E-state index contributed by atoms with van der Waals surface area (Å²) in [6.07, 6.45) is 11.6. The maximum atomic E-state index is 13.7. The zero-order valence-corrected chi connectivity index (χ0v) is 26.5. The molecule has 3 amide bonds. The molecule has 1 aromatic rings. The van der Waals surface area contributed by atoms with E-state index in [9.17, 15) is 14.8 Å². The number of urea groups is 1. The molecule has 9 nitrogen and oxygen atoms in total. The van der Waals surface area contributed by atoms with Gasteiger partial charge in [-0.2, -0.15) is 5.06 Å². The van der Waals surface area contributed by atoms with Gasteiger partial charge in [-0.1, -0.05) is 36.4 Å². The van der Waals surface area contributed by atoms with Crippen molar-refractivity contribution in [2.45, 2.75) is 95.8 Å². The van der Waals surface area contributed by atoms with Crippen molar-refractivity contribution in [1.29, 1.82) is 0 Å². The van der Waals surface area contributed by atoms with Crippen molar-refractivity contribution in [2.75, 3.05) is 45.9 Å². The lowest BCUT2D eigenvalue weighted by molar-refractivity contribution is -0.137. The predicted molar refractivity (Wildman–Crippen MR) is 167 cm³/mol. The first-order valence-electron chi connectivity index (χ1n) is 16.6. The molecule has 43 heavy (non-hydrogen) atoms. The van der Waals surface area contributed by atoms with E-state index in [1.54, 1.807) is 0 Å². The van der Waals surface area contributed by atoms with Crippen LogP contribution in [0.3, 0.4) is 0 Å². The van der Waals surface area contributed by atoms with Gasteiger partial charge in [0, 0.05) is 63.9 Å². The van der Waals surface area contributed by atoms with Crippen LogP contribution < -0.4 is 5.32 Å². The molecule has 3 saturated heterocycles. The highest BCUT2D eigenvalue weighted by molar-refractivity contribution is 5.79. The van der Waals surface area contributed by atoms with Gasteiger partial charge in [0.25, 0.3) is 0 Å². The Morgan fingerprint density at radius 3 is 2.53 bits per heavy atom. The second kappa shape index (κ2) is 14.4. The number of nitrogens with zero attached hydrogens (tertiary/aromatic N) is 4. The van der Waals surface area contributed by atoms with Gasteiger partial charge in [0.2, 0.25) is 5.91 Å². The second-order valence-corrected chi connectivity index (χ2v) is 13.5. The van der Waals surface area contributed by atoms with E-state index in [-0.39, 0.29) is 35.5 Å². The zero-order chi connectivity index (χ0) is 30.4. The maximum Gasteiger partial charge on any atom is 0.320 e. The molecule has 238 valence electrons. The lowest BCUT2D eigenvalue weighted by Crippen LogP contribution is -2.50. The van der Waals surface area contributed by atoms with E-state index in [4.69, 9.17) is 4.74 Å². The molecule has 5 rings (SSSR count). The summed E-state index contributed by atoms with van der Waals surface area (Å²) < 4.78 is 5.57. The van der Waals surface area contributed by atoms with Crippen molar-refractivity contribution < 1.29 is 19.5 Å². The number of nitrogens with one attached hydrogen (secondary N) is 1. The monoisotopic (exact) mass is 595 g/mol. The number of piperidine rings is 1. The van der Waals surface area contributed by atoms with Gasteiger partial charge in [-0.15, -0.1) is 0 Å². The van der Waals surface area contributed by atoms with Crippen LogP contribution in [0.5, 0.6) is 0 Å². The summed E-state index contributed by atoms with van der Waals surface area (Å²) in [7, 11) is 0. The van der Waals surface area contributed by atoms with Gasteiger partial charge >= 0.3 is 6.03 Å². The lowest BCUT2D eigenvalue weighted by atomic mass is 9.94. The average Bonchev–Trinajstić information content (AvgIpc) is 3.54. The van der Waals surface area contributed by atoms with Crippen LogP contribution in [-0.4, -0.2) is 100 Å². The minimum Gasteiger partial charge on any atom is -0.381 e. The van der Waals surface area contributed by atoms with Gasteiger partial charge in [0.1, 0.15) is 0 Å². The Morgan fingerprint density at radius 1 is 1.14 bits per heavy atom. The molecule has 3 aliphatic heterocycles. The minimum absolute atomic E-state index is 0.0676. The number of hydroxylamine groups is 2. The van der Waals surface area contributed by atoms with E-state index >= 15 is 0 Å². The molecule has 2 N–H and O–H groups in total. The summed E-state index contributed by atoms with van der Waals surface area (Å²) in [5.41, 5.74) is 0.991. The van der Waals surface area contributed by atoms with Gasteiger partial charge in [-0.25, -0.2) is 4.79 Å². The topological polar surface area (TPSA) is 88.6 Å². The van der Waals surface area contributed by atoms with E-state index in [0.717, 1.165) is 76.9 Å². The minimum atomic E-state index is -0.129. The zero-order valence-electron chi connectivity index (χ0n) is 26.5. The van der Waals surface area contributed by atoms with Crippen LogP contribution in [-0.2, 0) is 9.53 Å². The smallest absolute Gasteiger partial charge is 0.320 e. The molecule has 4 fully saturated rings. The molecular formula is C34H53N5O4. The lowest BCUT2D eigenvalue weighted by Gasteiger charge is -2.38. The van der Waals surface area contributed by atoms with Crippen molar-refractivity contribution >= 4 is 11.9 Å². The van der Waals surface area contributed by atoms with Crippen molar-refractivity contribution in [2.24, 2.45) is 11.8 Å². The molecule has 4 aliphatic rings. The third kappa shape index (κ3) is 7.55. The van der Waals surface area contributed by atoms with Gasteiger partial charge in [0.15, 0.2) is 0 Å². The molecule has 3 heterocycles. The maximum absolute atomic E-state index is 13.7. The standard InChI is InChI=1S/C34H53N5O4/c1-4-17-36(18-13-31(28-8-6-5-7-9-28)35-32(40)29-11-19-38(42)20-12-29)30-10-16-34(23-30)25-37(33(41)39(34)26(2)3)24-27-14-21-43-22-15-27/h4-9,17,26-27,29-31,42H,10-16,18-25H2,1-3H3,(H,35,40)/b17-4+/t30?,31-,34?/m0/s1. The highest BCUT2D eigenvalue weighted by Gasteiger charge is 2.55. The molecular weight excluding hydrogens is 542 g/mol. The number of hydrogen-bond donors (Lipinski definition) is 2. The predicted octanol–water partition coefficient (Wildman–Crippen LogP) is 5.03. The molecule has 0 aromatic heterocycles. The van der Waals surface area contributed by atoms with E-state index in [1.807, 2.05) is 18.2 Å². The Morgan fingerprint density at radius 2 is 1.86 bits per heavy atom. The second-order valence-electron chi connectivity index (χ2n) is 13.5. The summed E-state index contributed by atoms with van der Waals surface area (Å²) in [6.45, 7) is 11.5. The first-order chi connectivity index (χ1) is 20.8. The summed E-state index contributed by atoms with van der Waals surface area (Å²) in [5.74, 6) is 0.544. The van der Waals surface area contributed by atoms with Gasteiger partial charge in [0.05, 0.1) is 11.6 Å². The molecule has 1 saturated carbocycles. The summed E-state index contributed by atoms with van der Waals surface area (Å²) >= 11 is 0. The summed E-state index contributed by atoms with van der Waals surface area (Å²) in [6, 6.07) is 10.9. The van der Waals surface area contributed by atoms with Gasteiger partial charge in [-0.3, -0.25) is 4.79 Å². The molecule has 1 aromatic carbocycles. The first kappa shape index (κ1) is 31.8. The third-order valence-electron chi connectivity index (χ3n) is 10.2. The van der Waals surface area contributed by atoms with Crippen LogP contribution >= 0.6 is 0 Å². The normalized spacial score (nSPS) is 26.7. The Labute approximate surface area is 258 Å². The molecule has 1 spiro atoms.